The summed E-state index contributed by atoms with van der Waals surface area (Å²) in [6.45, 7) is 2.11. The molecule has 2 N–H and O–H groups in total. The Balaban J connectivity index is 2.35. The molecule has 0 radical (unpaired) electrons. The third-order valence-electron chi connectivity index (χ3n) is 2.04. The highest BCUT2D eigenvalue weighted by Gasteiger charge is 2.24. The summed E-state index contributed by atoms with van der Waals surface area (Å²) < 4.78 is 0. The van der Waals surface area contributed by atoms with Crippen molar-refractivity contribution < 1.29 is 10.2 Å². The monoisotopic (exact) mass is 130 g/mol. The fourth-order valence-corrected chi connectivity index (χ4v) is 1.33. The molecule has 2 heteroatoms. The summed E-state index contributed by atoms with van der Waals surface area (Å²) >= 11 is 0. The zero-order valence-corrected chi connectivity index (χ0v) is 5.75. The zero-order valence-electron chi connectivity index (χ0n) is 5.75. The van der Waals surface area contributed by atoms with E-state index in [-0.39, 0.29) is 0 Å². The van der Waals surface area contributed by atoms with Crippen molar-refractivity contribution in [3.8, 4) is 0 Å². The van der Waals surface area contributed by atoms with Crippen molar-refractivity contribution >= 4 is 0 Å². The Kier molecular flexibility index (Phi) is 2.09. The number of rotatable bonds is 0. The highest BCUT2D eigenvalue weighted by atomic mass is 16.3. The quantitative estimate of drug-likeness (QED) is 0.502. The minimum Gasteiger partial charge on any atom is -0.390 e. The van der Waals surface area contributed by atoms with Gasteiger partial charge in [-0.05, 0) is 25.2 Å². The lowest BCUT2D eigenvalue weighted by molar-refractivity contribution is -0.0226. The molecule has 0 aromatic carbocycles. The summed E-state index contributed by atoms with van der Waals surface area (Å²) in [5.74, 6) is 0.586. The Morgan fingerprint density at radius 1 is 1.11 bits per heavy atom. The van der Waals surface area contributed by atoms with E-state index in [9.17, 15) is 0 Å². The van der Waals surface area contributed by atoms with E-state index in [0.717, 1.165) is 19.3 Å². The molecule has 0 aromatic rings. The van der Waals surface area contributed by atoms with Crippen molar-refractivity contribution in [1.29, 1.82) is 0 Å². The summed E-state index contributed by atoms with van der Waals surface area (Å²) in [5.41, 5.74) is 0. The molecule has 0 bridgehead atoms. The van der Waals surface area contributed by atoms with E-state index >= 15 is 0 Å². The van der Waals surface area contributed by atoms with Gasteiger partial charge in [-0.2, -0.15) is 0 Å². The zero-order chi connectivity index (χ0) is 6.85. The van der Waals surface area contributed by atoms with Crippen molar-refractivity contribution in [3.63, 3.8) is 0 Å². The SMILES string of the molecule is CC1CC[C@@H](O)[C@H](O)C1. The first-order valence-corrected chi connectivity index (χ1v) is 3.56. The first-order chi connectivity index (χ1) is 4.20. The Labute approximate surface area is 55.5 Å². The lowest BCUT2D eigenvalue weighted by Gasteiger charge is -2.27. The van der Waals surface area contributed by atoms with Crippen LogP contribution in [-0.4, -0.2) is 22.4 Å². The molecule has 3 atom stereocenters. The molecule has 0 heterocycles. The molecule has 1 aliphatic carbocycles. The van der Waals surface area contributed by atoms with Crippen molar-refractivity contribution in [2.45, 2.75) is 38.4 Å². The second-order valence-electron chi connectivity index (χ2n) is 3.05. The third-order valence-corrected chi connectivity index (χ3v) is 2.04. The van der Waals surface area contributed by atoms with Gasteiger partial charge in [0.25, 0.3) is 0 Å². The third kappa shape index (κ3) is 1.66. The molecule has 9 heavy (non-hydrogen) atoms. The summed E-state index contributed by atoms with van der Waals surface area (Å²) in [7, 11) is 0. The standard InChI is InChI=1S/C7H14O2/c1-5-2-3-6(8)7(9)4-5/h5-9H,2-4H2,1H3/t5?,6-,7-/m1/s1. The minimum absolute atomic E-state index is 0.457. The molecule has 0 spiro atoms. The molecule has 54 valence electrons. The first-order valence-electron chi connectivity index (χ1n) is 3.56. The number of hydrogen-bond donors (Lipinski definition) is 2. The van der Waals surface area contributed by atoms with Crippen LogP contribution >= 0.6 is 0 Å². The average Bonchev–Trinajstić information content (AvgIpc) is 1.80. The topological polar surface area (TPSA) is 40.5 Å². The molecule has 1 rings (SSSR count). The molecule has 1 unspecified atom stereocenters. The molecule has 2 nitrogen and oxygen atoms in total. The predicted molar refractivity (Wildman–Crippen MR) is 35.0 cm³/mol. The van der Waals surface area contributed by atoms with Crippen LogP contribution in [0.3, 0.4) is 0 Å². The van der Waals surface area contributed by atoms with Gasteiger partial charge in [0.05, 0.1) is 12.2 Å². The highest BCUT2D eigenvalue weighted by Crippen LogP contribution is 2.23. The number of aliphatic hydroxyl groups excluding tert-OH is 2. The van der Waals surface area contributed by atoms with Crippen LogP contribution in [0, 0.1) is 5.92 Å². The molecular weight excluding hydrogens is 116 g/mol. The Bertz CT molecular complexity index is 92.9. The summed E-state index contributed by atoms with van der Waals surface area (Å²) in [6, 6.07) is 0. The fourth-order valence-electron chi connectivity index (χ4n) is 1.33. The van der Waals surface area contributed by atoms with E-state index in [2.05, 4.69) is 6.92 Å². The molecule has 1 saturated carbocycles. The van der Waals surface area contributed by atoms with Crippen LogP contribution in [0.25, 0.3) is 0 Å². The highest BCUT2D eigenvalue weighted by molar-refractivity contribution is 4.76. The van der Waals surface area contributed by atoms with E-state index in [1.165, 1.54) is 0 Å². The molecular formula is C7H14O2. The van der Waals surface area contributed by atoms with E-state index in [0.29, 0.717) is 5.92 Å². The summed E-state index contributed by atoms with van der Waals surface area (Å²) in [5, 5.41) is 18.1. The smallest absolute Gasteiger partial charge is 0.0801 e. The normalized spacial score (nSPS) is 45.0. The van der Waals surface area contributed by atoms with Gasteiger partial charge >= 0.3 is 0 Å². The molecule has 0 aromatic heterocycles. The van der Waals surface area contributed by atoms with Crippen LogP contribution in [0.4, 0.5) is 0 Å². The molecule has 0 amide bonds. The lowest BCUT2D eigenvalue weighted by Crippen LogP contribution is -2.32. The van der Waals surface area contributed by atoms with Gasteiger partial charge in [-0.3, -0.25) is 0 Å². The van der Waals surface area contributed by atoms with Crippen molar-refractivity contribution in [1.82, 2.24) is 0 Å². The lowest BCUT2D eigenvalue weighted by atomic mass is 9.87. The largest absolute Gasteiger partial charge is 0.390 e. The van der Waals surface area contributed by atoms with E-state index in [4.69, 9.17) is 10.2 Å². The fraction of sp³-hybridized carbons (Fsp3) is 1.00. The van der Waals surface area contributed by atoms with Gasteiger partial charge in [-0.25, -0.2) is 0 Å². The van der Waals surface area contributed by atoms with Gasteiger partial charge in [-0.15, -0.1) is 0 Å². The number of aliphatic hydroxyl groups is 2. The van der Waals surface area contributed by atoms with Crippen LogP contribution in [-0.2, 0) is 0 Å². The van der Waals surface area contributed by atoms with E-state index < -0.39 is 12.2 Å². The molecule has 0 saturated heterocycles. The Morgan fingerprint density at radius 3 is 2.22 bits per heavy atom. The van der Waals surface area contributed by atoms with Gasteiger partial charge in [0.1, 0.15) is 0 Å². The van der Waals surface area contributed by atoms with Gasteiger partial charge in [0.15, 0.2) is 0 Å². The van der Waals surface area contributed by atoms with Crippen LogP contribution in [0.5, 0.6) is 0 Å². The second-order valence-corrected chi connectivity index (χ2v) is 3.05. The maximum absolute atomic E-state index is 9.10. The van der Waals surface area contributed by atoms with Gasteiger partial charge in [0.2, 0.25) is 0 Å². The Hall–Kier alpha value is -0.0800. The van der Waals surface area contributed by atoms with Gasteiger partial charge < -0.3 is 10.2 Å². The molecule has 0 aliphatic heterocycles. The Morgan fingerprint density at radius 2 is 1.78 bits per heavy atom. The van der Waals surface area contributed by atoms with Crippen molar-refractivity contribution in [2.24, 2.45) is 5.92 Å². The number of hydrogen-bond acceptors (Lipinski definition) is 2. The van der Waals surface area contributed by atoms with E-state index in [1.54, 1.807) is 0 Å². The van der Waals surface area contributed by atoms with Crippen LogP contribution in [0.2, 0.25) is 0 Å². The summed E-state index contributed by atoms with van der Waals surface area (Å²) in [4.78, 5) is 0. The molecule has 1 fully saturated rings. The van der Waals surface area contributed by atoms with Crippen molar-refractivity contribution in [2.75, 3.05) is 0 Å². The van der Waals surface area contributed by atoms with Crippen LogP contribution in [0.15, 0.2) is 0 Å². The molecule has 1 aliphatic rings. The first kappa shape index (κ1) is 7.03. The van der Waals surface area contributed by atoms with Crippen LogP contribution in [0.1, 0.15) is 26.2 Å². The van der Waals surface area contributed by atoms with Crippen LogP contribution < -0.4 is 0 Å². The average molecular weight is 130 g/mol. The van der Waals surface area contributed by atoms with Crippen molar-refractivity contribution in [3.05, 3.63) is 0 Å². The van der Waals surface area contributed by atoms with Gasteiger partial charge in [-0.1, -0.05) is 6.92 Å². The minimum atomic E-state index is -0.464. The maximum atomic E-state index is 9.10. The van der Waals surface area contributed by atoms with Gasteiger partial charge in [0, 0.05) is 0 Å². The predicted octanol–water partition coefficient (Wildman–Crippen LogP) is 0.528. The maximum Gasteiger partial charge on any atom is 0.0801 e. The second kappa shape index (κ2) is 2.67. The summed E-state index contributed by atoms with van der Waals surface area (Å²) in [6.07, 6.45) is 1.66. The van der Waals surface area contributed by atoms with E-state index in [1.807, 2.05) is 0 Å².